The molecule has 0 amide bonds. The maximum absolute atomic E-state index is 5.81. The number of para-hydroxylation sites is 2. The molecule has 2 aromatic rings. The van der Waals surface area contributed by atoms with Gasteiger partial charge in [-0.1, -0.05) is 31.2 Å². The summed E-state index contributed by atoms with van der Waals surface area (Å²) in [5.74, 6) is 1.18. The number of aromatic nitrogens is 3. The molecule has 0 radical (unpaired) electrons. The predicted molar refractivity (Wildman–Crippen MR) is 79.1 cm³/mol. The minimum atomic E-state index is 0.397. The molecule has 0 aliphatic heterocycles. The Labute approximate surface area is 119 Å². The summed E-state index contributed by atoms with van der Waals surface area (Å²) in [6.07, 6.45) is 2.07. The first-order valence-electron chi connectivity index (χ1n) is 7.04. The zero-order chi connectivity index (χ0) is 14.5. The summed E-state index contributed by atoms with van der Waals surface area (Å²) in [5, 5.41) is 8.52. The summed E-state index contributed by atoms with van der Waals surface area (Å²) in [6.45, 7) is 4.75. The summed E-state index contributed by atoms with van der Waals surface area (Å²) in [7, 11) is 1.66. The lowest BCUT2D eigenvalue weighted by Crippen LogP contribution is -2.11. The van der Waals surface area contributed by atoms with Gasteiger partial charge in [0, 0.05) is 12.5 Å². The maximum atomic E-state index is 5.81. The molecule has 0 aliphatic rings. The van der Waals surface area contributed by atoms with E-state index in [1.54, 1.807) is 7.11 Å². The summed E-state index contributed by atoms with van der Waals surface area (Å²) in [6, 6.07) is 7.83. The molecule has 5 nitrogen and oxygen atoms in total. The zero-order valence-electron chi connectivity index (χ0n) is 12.3. The van der Waals surface area contributed by atoms with Gasteiger partial charge in [-0.25, -0.2) is 4.68 Å². The lowest BCUT2D eigenvalue weighted by molar-refractivity contribution is 0.410. The molecule has 0 bridgehead atoms. The number of ether oxygens (including phenoxy) is 1. The van der Waals surface area contributed by atoms with Gasteiger partial charge in [0.2, 0.25) is 0 Å². The Morgan fingerprint density at radius 3 is 2.55 bits per heavy atom. The third-order valence-electron chi connectivity index (χ3n) is 3.66. The van der Waals surface area contributed by atoms with Gasteiger partial charge in [-0.3, -0.25) is 0 Å². The van der Waals surface area contributed by atoms with E-state index in [2.05, 4.69) is 24.2 Å². The molecule has 20 heavy (non-hydrogen) atoms. The van der Waals surface area contributed by atoms with Gasteiger partial charge in [0.25, 0.3) is 0 Å². The number of nitrogens with two attached hydrogens (primary N) is 1. The van der Waals surface area contributed by atoms with Crippen molar-refractivity contribution in [2.45, 2.75) is 39.2 Å². The van der Waals surface area contributed by atoms with Crippen LogP contribution in [0.1, 0.15) is 44.0 Å². The Morgan fingerprint density at radius 2 is 1.95 bits per heavy atom. The number of methoxy groups -OCH3 is 1. The molecule has 0 spiro atoms. The van der Waals surface area contributed by atoms with E-state index in [1.165, 1.54) is 0 Å². The molecular weight excluding hydrogens is 252 g/mol. The van der Waals surface area contributed by atoms with E-state index < -0.39 is 0 Å². The number of hydrogen-bond acceptors (Lipinski definition) is 4. The first kappa shape index (κ1) is 14.5. The third kappa shape index (κ3) is 2.54. The molecule has 0 saturated heterocycles. The summed E-state index contributed by atoms with van der Waals surface area (Å²) < 4.78 is 7.30. The monoisotopic (exact) mass is 274 g/mol. The van der Waals surface area contributed by atoms with Crippen LogP contribution in [0.2, 0.25) is 0 Å². The molecule has 1 aromatic heterocycles. The van der Waals surface area contributed by atoms with E-state index in [0.717, 1.165) is 35.7 Å². The molecule has 5 heteroatoms. The average Bonchev–Trinajstić information content (AvgIpc) is 2.92. The number of hydrogen-bond donors (Lipinski definition) is 1. The minimum Gasteiger partial charge on any atom is -0.494 e. The van der Waals surface area contributed by atoms with Gasteiger partial charge in [0.15, 0.2) is 0 Å². The standard InChI is InChI=1S/C15H22N4O/c1-4-11(5-2)15-12(10-16)17-18-19(15)13-8-6-7-9-14(13)20-3/h6-9,11H,4-5,10,16H2,1-3H3. The molecule has 2 N–H and O–H groups in total. The van der Waals surface area contributed by atoms with Crippen LogP contribution in [0.5, 0.6) is 5.75 Å². The van der Waals surface area contributed by atoms with Crippen LogP contribution in [-0.2, 0) is 6.54 Å². The van der Waals surface area contributed by atoms with Crippen LogP contribution in [0.3, 0.4) is 0 Å². The van der Waals surface area contributed by atoms with Crippen LogP contribution in [0, 0.1) is 0 Å². The number of nitrogens with zero attached hydrogens (tertiary/aromatic N) is 3. The Morgan fingerprint density at radius 1 is 1.25 bits per heavy atom. The Hall–Kier alpha value is -1.88. The molecule has 1 heterocycles. The van der Waals surface area contributed by atoms with Crippen LogP contribution >= 0.6 is 0 Å². The van der Waals surface area contributed by atoms with Gasteiger partial charge in [-0.15, -0.1) is 5.10 Å². The van der Waals surface area contributed by atoms with E-state index in [0.29, 0.717) is 12.5 Å². The van der Waals surface area contributed by atoms with Gasteiger partial charge in [-0.2, -0.15) is 0 Å². The van der Waals surface area contributed by atoms with E-state index >= 15 is 0 Å². The first-order valence-corrected chi connectivity index (χ1v) is 7.04. The fourth-order valence-electron chi connectivity index (χ4n) is 2.53. The van der Waals surface area contributed by atoms with Gasteiger partial charge >= 0.3 is 0 Å². The molecule has 0 aliphatic carbocycles. The molecule has 1 aromatic carbocycles. The molecule has 0 fully saturated rings. The molecule has 0 saturated carbocycles. The SMILES string of the molecule is CCC(CC)c1c(CN)nnn1-c1ccccc1OC. The highest BCUT2D eigenvalue weighted by Gasteiger charge is 2.21. The lowest BCUT2D eigenvalue weighted by Gasteiger charge is -2.17. The van der Waals surface area contributed by atoms with Crippen LogP contribution in [-0.4, -0.2) is 22.1 Å². The van der Waals surface area contributed by atoms with Gasteiger partial charge in [0.05, 0.1) is 12.8 Å². The van der Waals surface area contributed by atoms with E-state index in [4.69, 9.17) is 10.5 Å². The maximum Gasteiger partial charge on any atom is 0.144 e. The third-order valence-corrected chi connectivity index (χ3v) is 3.66. The van der Waals surface area contributed by atoms with Crippen molar-refractivity contribution in [2.75, 3.05) is 7.11 Å². The lowest BCUT2D eigenvalue weighted by atomic mass is 9.97. The smallest absolute Gasteiger partial charge is 0.144 e. The molecule has 108 valence electrons. The number of rotatable bonds is 6. The minimum absolute atomic E-state index is 0.397. The summed E-state index contributed by atoms with van der Waals surface area (Å²) >= 11 is 0. The molecular formula is C15H22N4O. The molecule has 0 atom stereocenters. The van der Waals surface area contributed by atoms with Gasteiger partial charge in [0.1, 0.15) is 17.1 Å². The Balaban J connectivity index is 2.59. The Kier molecular flexibility index (Phi) is 4.74. The number of benzene rings is 1. The van der Waals surface area contributed by atoms with E-state index in [9.17, 15) is 0 Å². The normalized spacial score (nSPS) is 11.1. The van der Waals surface area contributed by atoms with Crippen molar-refractivity contribution < 1.29 is 4.74 Å². The van der Waals surface area contributed by atoms with Gasteiger partial charge in [-0.05, 0) is 25.0 Å². The summed E-state index contributed by atoms with van der Waals surface area (Å²) in [5.41, 5.74) is 8.68. The van der Waals surface area contributed by atoms with Crippen molar-refractivity contribution >= 4 is 0 Å². The second kappa shape index (κ2) is 6.52. The fraction of sp³-hybridized carbons (Fsp3) is 0.467. The van der Waals surface area contributed by atoms with E-state index in [1.807, 2.05) is 28.9 Å². The van der Waals surface area contributed by atoms with Gasteiger partial charge < -0.3 is 10.5 Å². The summed E-state index contributed by atoms with van der Waals surface area (Å²) in [4.78, 5) is 0. The van der Waals surface area contributed by atoms with Crippen molar-refractivity contribution in [3.8, 4) is 11.4 Å². The Bertz CT molecular complexity index is 561. The molecule has 2 rings (SSSR count). The van der Waals surface area contributed by atoms with E-state index in [-0.39, 0.29) is 0 Å². The topological polar surface area (TPSA) is 66.0 Å². The quantitative estimate of drug-likeness (QED) is 0.879. The zero-order valence-corrected chi connectivity index (χ0v) is 12.3. The largest absolute Gasteiger partial charge is 0.494 e. The highest BCUT2D eigenvalue weighted by Crippen LogP contribution is 2.30. The predicted octanol–water partition coefficient (Wildman–Crippen LogP) is 2.64. The van der Waals surface area contributed by atoms with Crippen LogP contribution in [0.25, 0.3) is 5.69 Å². The second-order valence-corrected chi connectivity index (χ2v) is 4.72. The van der Waals surface area contributed by atoms with Crippen molar-refractivity contribution in [3.05, 3.63) is 35.7 Å². The van der Waals surface area contributed by atoms with Crippen molar-refractivity contribution in [1.29, 1.82) is 0 Å². The van der Waals surface area contributed by atoms with Crippen LogP contribution in [0.15, 0.2) is 24.3 Å². The highest BCUT2D eigenvalue weighted by molar-refractivity contribution is 5.47. The highest BCUT2D eigenvalue weighted by atomic mass is 16.5. The first-order chi connectivity index (χ1) is 9.76. The average molecular weight is 274 g/mol. The molecule has 0 unspecified atom stereocenters. The second-order valence-electron chi connectivity index (χ2n) is 4.72. The van der Waals surface area contributed by atoms with Crippen molar-refractivity contribution in [3.63, 3.8) is 0 Å². The van der Waals surface area contributed by atoms with Crippen molar-refractivity contribution in [2.24, 2.45) is 5.73 Å². The van der Waals surface area contributed by atoms with Crippen LogP contribution in [0.4, 0.5) is 0 Å². The van der Waals surface area contributed by atoms with Crippen molar-refractivity contribution in [1.82, 2.24) is 15.0 Å². The van der Waals surface area contributed by atoms with Crippen LogP contribution < -0.4 is 10.5 Å². The fourth-order valence-corrected chi connectivity index (χ4v) is 2.53.